The van der Waals surface area contributed by atoms with Crippen molar-refractivity contribution in [2.75, 3.05) is 13.7 Å². The number of ether oxygens (including phenoxy) is 1. The fourth-order valence-electron chi connectivity index (χ4n) is 2.62. The van der Waals surface area contributed by atoms with E-state index in [0.717, 1.165) is 5.56 Å². The van der Waals surface area contributed by atoms with Crippen molar-refractivity contribution in [3.8, 4) is 0 Å². The summed E-state index contributed by atoms with van der Waals surface area (Å²) in [5.74, 6) is -0.439. The molecule has 6 heteroatoms. The zero-order valence-corrected chi connectivity index (χ0v) is 16.7. The van der Waals surface area contributed by atoms with Crippen LogP contribution in [0.1, 0.15) is 38.8 Å². The Hall–Kier alpha value is -1.76. The summed E-state index contributed by atoms with van der Waals surface area (Å²) in [5.41, 5.74) is 0.164. The van der Waals surface area contributed by atoms with Gasteiger partial charge in [-0.25, -0.2) is 17.5 Å². The zero-order valence-electron chi connectivity index (χ0n) is 15.8. The third-order valence-electron chi connectivity index (χ3n) is 4.52. The molecule has 0 aliphatic carbocycles. The maximum atomic E-state index is 14.1. The molecule has 4 nitrogen and oxygen atoms in total. The van der Waals surface area contributed by atoms with Gasteiger partial charge in [0.1, 0.15) is 11.4 Å². The molecule has 2 aromatic rings. The molecule has 2 aromatic carbocycles. The predicted molar refractivity (Wildman–Crippen MR) is 101 cm³/mol. The quantitative estimate of drug-likeness (QED) is 0.826. The maximum absolute atomic E-state index is 14.1. The second-order valence-corrected chi connectivity index (χ2v) is 9.28. The SMILES string of the molecule is COC(C)(CNS(=O)(=O)c1ccc(C(C)(C)C)cc1)c1ccccc1F. The molecule has 1 unspecified atom stereocenters. The molecule has 0 saturated heterocycles. The van der Waals surface area contributed by atoms with Crippen LogP contribution >= 0.6 is 0 Å². The Morgan fingerprint density at radius 2 is 1.58 bits per heavy atom. The third kappa shape index (κ3) is 4.50. The maximum Gasteiger partial charge on any atom is 0.240 e. The lowest BCUT2D eigenvalue weighted by molar-refractivity contribution is 0.00410. The monoisotopic (exact) mass is 379 g/mol. The molecule has 0 radical (unpaired) electrons. The fraction of sp³-hybridized carbons (Fsp3) is 0.400. The van der Waals surface area contributed by atoms with Crippen molar-refractivity contribution in [1.82, 2.24) is 4.72 Å². The summed E-state index contributed by atoms with van der Waals surface area (Å²) in [7, 11) is -2.31. The van der Waals surface area contributed by atoms with E-state index < -0.39 is 21.4 Å². The Kier molecular flexibility index (Phi) is 5.90. The molecule has 0 spiro atoms. The van der Waals surface area contributed by atoms with Crippen molar-refractivity contribution < 1.29 is 17.5 Å². The molecular weight excluding hydrogens is 353 g/mol. The van der Waals surface area contributed by atoms with Gasteiger partial charge in [-0.05, 0) is 36.1 Å². The minimum absolute atomic E-state index is 0.0603. The van der Waals surface area contributed by atoms with Crippen LogP contribution in [0, 0.1) is 5.82 Å². The zero-order chi connectivity index (χ0) is 19.6. The van der Waals surface area contributed by atoms with E-state index in [4.69, 9.17) is 4.74 Å². The summed E-state index contributed by atoms with van der Waals surface area (Å²) < 4.78 is 47.3. The summed E-state index contributed by atoms with van der Waals surface area (Å²) in [6.07, 6.45) is 0. The molecule has 0 aliphatic rings. The normalized spacial score (nSPS) is 14.8. The third-order valence-corrected chi connectivity index (χ3v) is 5.94. The Balaban J connectivity index is 2.22. The highest BCUT2D eigenvalue weighted by Gasteiger charge is 2.31. The van der Waals surface area contributed by atoms with E-state index >= 15 is 0 Å². The van der Waals surface area contributed by atoms with Gasteiger partial charge in [-0.2, -0.15) is 0 Å². The molecule has 0 aromatic heterocycles. The number of benzene rings is 2. The van der Waals surface area contributed by atoms with Crippen molar-refractivity contribution in [2.24, 2.45) is 0 Å². The van der Waals surface area contributed by atoms with Crippen molar-refractivity contribution in [3.63, 3.8) is 0 Å². The van der Waals surface area contributed by atoms with Crippen LogP contribution in [0.15, 0.2) is 53.4 Å². The lowest BCUT2D eigenvalue weighted by atomic mass is 9.87. The van der Waals surface area contributed by atoms with Crippen LogP contribution in [0.3, 0.4) is 0 Å². The number of rotatable bonds is 6. The number of methoxy groups -OCH3 is 1. The summed E-state index contributed by atoms with van der Waals surface area (Å²) >= 11 is 0. The van der Waals surface area contributed by atoms with Gasteiger partial charge < -0.3 is 4.74 Å². The van der Waals surface area contributed by atoms with E-state index in [1.54, 1.807) is 49.4 Å². The van der Waals surface area contributed by atoms with Crippen molar-refractivity contribution in [3.05, 3.63) is 65.5 Å². The first-order valence-corrected chi connectivity index (χ1v) is 9.88. The van der Waals surface area contributed by atoms with E-state index in [-0.39, 0.29) is 16.9 Å². The molecule has 1 atom stereocenters. The molecular formula is C20H26FNO3S. The Morgan fingerprint density at radius 3 is 2.08 bits per heavy atom. The predicted octanol–water partition coefficient (Wildman–Crippen LogP) is 3.96. The first kappa shape index (κ1) is 20.6. The molecule has 0 heterocycles. The molecule has 0 aliphatic heterocycles. The van der Waals surface area contributed by atoms with E-state index in [1.165, 1.54) is 13.2 Å². The lowest BCUT2D eigenvalue weighted by Gasteiger charge is -2.29. The Labute approximate surface area is 155 Å². The summed E-state index contributed by atoms with van der Waals surface area (Å²) in [6.45, 7) is 7.75. The molecule has 26 heavy (non-hydrogen) atoms. The van der Waals surface area contributed by atoms with E-state index in [9.17, 15) is 12.8 Å². The van der Waals surface area contributed by atoms with Crippen molar-refractivity contribution in [1.29, 1.82) is 0 Å². The standard InChI is InChI=1S/C20H26FNO3S/c1-19(2,3)15-10-12-16(13-11-15)26(23,24)22-14-20(4,25-5)17-8-6-7-9-18(17)21/h6-13,22H,14H2,1-5H3. The van der Waals surface area contributed by atoms with Crippen LogP contribution < -0.4 is 4.72 Å². The van der Waals surface area contributed by atoms with E-state index in [0.29, 0.717) is 5.56 Å². The number of nitrogens with one attached hydrogen (secondary N) is 1. The smallest absolute Gasteiger partial charge is 0.240 e. The second kappa shape index (κ2) is 7.47. The van der Waals surface area contributed by atoms with Gasteiger partial charge in [-0.1, -0.05) is 51.1 Å². The van der Waals surface area contributed by atoms with Crippen LogP contribution in [0.25, 0.3) is 0 Å². The van der Waals surface area contributed by atoms with Crippen LogP contribution in [0.5, 0.6) is 0 Å². The summed E-state index contributed by atoms with van der Waals surface area (Å²) in [4.78, 5) is 0.164. The first-order valence-electron chi connectivity index (χ1n) is 8.40. The highest BCUT2D eigenvalue weighted by atomic mass is 32.2. The fourth-order valence-corrected chi connectivity index (χ4v) is 3.74. The minimum atomic E-state index is -3.74. The van der Waals surface area contributed by atoms with Gasteiger partial charge in [0.15, 0.2) is 0 Å². The van der Waals surface area contributed by atoms with Crippen LogP contribution in [0.4, 0.5) is 4.39 Å². The Bertz CT molecular complexity index is 857. The van der Waals surface area contributed by atoms with E-state index in [2.05, 4.69) is 25.5 Å². The van der Waals surface area contributed by atoms with Gasteiger partial charge in [0.05, 0.1) is 4.90 Å². The second-order valence-electron chi connectivity index (χ2n) is 7.51. The highest BCUT2D eigenvalue weighted by Crippen LogP contribution is 2.27. The number of hydrogen-bond acceptors (Lipinski definition) is 3. The molecule has 0 amide bonds. The van der Waals surface area contributed by atoms with Gasteiger partial charge in [-0.15, -0.1) is 0 Å². The topological polar surface area (TPSA) is 55.4 Å². The molecule has 1 N–H and O–H groups in total. The largest absolute Gasteiger partial charge is 0.372 e. The number of hydrogen-bond donors (Lipinski definition) is 1. The van der Waals surface area contributed by atoms with Crippen LogP contribution in [-0.4, -0.2) is 22.1 Å². The summed E-state index contributed by atoms with van der Waals surface area (Å²) in [5, 5.41) is 0. The average molecular weight is 379 g/mol. The number of sulfonamides is 1. The average Bonchev–Trinajstić information content (AvgIpc) is 2.59. The Morgan fingerprint density at radius 1 is 1.00 bits per heavy atom. The van der Waals surface area contributed by atoms with Gasteiger partial charge >= 0.3 is 0 Å². The lowest BCUT2D eigenvalue weighted by Crippen LogP contribution is -2.40. The van der Waals surface area contributed by atoms with Gasteiger partial charge in [0.25, 0.3) is 0 Å². The van der Waals surface area contributed by atoms with Crippen molar-refractivity contribution >= 4 is 10.0 Å². The molecule has 0 fully saturated rings. The van der Waals surface area contributed by atoms with Gasteiger partial charge in [-0.3, -0.25) is 0 Å². The molecule has 0 bridgehead atoms. The van der Waals surface area contributed by atoms with Crippen LogP contribution in [-0.2, 0) is 25.8 Å². The molecule has 2 rings (SSSR count). The van der Waals surface area contributed by atoms with Crippen LogP contribution in [0.2, 0.25) is 0 Å². The van der Waals surface area contributed by atoms with Crippen molar-refractivity contribution in [2.45, 2.75) is 43.6 Å². The molecule has 0 saturated carbocycles. The first-order chi connectivity index (χ1) is 12.0. The number of halogens is 1. The summed E-state index contributed by atoms with van der Waals surface area (Å²) in [6, 6.07) is 13.0. The van der Waals surface area contributed by atoms with Gasteiger partial charge in [0, 0.05) is 19.2 Å². The highest BCUT2D eigenvalue weighted by molar-refractivity contribution is 7.89. The van der Waals surface area contributed by atoms with Gasteiger partial charge in [0.2, 0.25) is 10.0 Å². The minimum Gasteiger partial charge on any atom is -0.372 e. The molecule has 142 valence electrons. The van der Waals surface area contributed by atoms with E-state index in [1.807, 2.05) is 0 Å².